The van der Waals surface area contributed by atoms with Crippen LogP contribution < -0.4 is 5.32 Å². The van der Waals surface area contributed by atoms with Crippen LogP contribution in [0.2, 0.25) is 0 Å². The van der Waals surface area contributed by atoms with E-state index in [2.05, 4.69) is 10.3 Å². The van der Waals surface area contributed by atoms with Gasteiger partial charge in [-0.25, -0.2) is 4.98 Å². The highest BCUT2D eigenvalue weighted by Crippen LogP contribution is 2.35. The number of aliphatic hydroxyl groups excluding tert-OH is 1. The van der Waals surface area contributed by atoms with Gasteiger partial charge in [-0.1, -0.05) is 12.1 Å². The molecule has 1 spiro atoms. The van der Waals surface area contributed by atoms with Gasteiger partial charge in [-0.05, 0) is 37.9 Å². The van der Waals surface area contributed by atoms with Gasteiger partial charge >= 0.3 is 0 Å². The lowest BCUT2D eigenvalue weighted by atomic mass is 9.79. The summed E-state index contributed by atoms with van der Waals surface area (Å²) in [4.78, 5) is 19.3. The summed E-state index contributed by atoms with van der Waals surface area (Å²) in [5.41, 5.74) is 2.15. The van der Waals surface area contributed by atoms with Gasteiger partial charge in [0.1, 0.15) is 12.4 Å². The molecular formula is C19H26N4O2. The zero-order valence-electron chi connectivity index (χ0n) is 14.6. The number of rotatable bonds is 4. The fourth-order valence-corrected chi connectivity index (χ4v) is 4.43. The van der Waals surface area contributed by atoms with Gasteiger partial charge in [0.05, 0.1) is 11.0 Å². The molecular weight excluding hydrogens is 316 g/mol. The van der Waals surface area contributed by atoms with Crippen molar-refractivity contribution in [1.82, 2.24) is 19.8 Å². The second kappa shape index (κ2) is 6.77. The molecule has 2 fully saturated rings. The van der Waals surface area contributed by atoms with E-state index in [-0.39, 0.29) is 12.5 Å². The Labute approximate surface area is 147 Å². The molecule has 0 bridgehead atoms. The number of carbonyl (C=O) groups is 1. The number of hydrogen-bond donors (Lipinski definition) is 2. The second-order valence-electron chi connectivity index (χ2n) is 7.42. The van der Waals surface area contributed by atoms with E-state index in [1.54, 1.807) is 0 Å². The molecule has 4 rings (SSSR count). The molecule has 0 radical (unpaired) electrons. The van der Waals surface area contributed by atoms with E-state index >= 15 is 0 Å². The molecule has 2 aliphatic heterocycles. The lowest BCUT2D eigenvalue weighted by molar-refractivity contribution is -0.134. The van der Waals surface area contributed by atoms with Crippen LogP contribution in [0, 0.1) is 5.41 Å². The maximum atomic E-state index is 12.8. The quantitative estimate of drug-likeness (QED) is 0.884. The number of aryl methyl sites for hydroxylation is 1. The Morgan fingerprint density at radius 1 is 1.32 bits per heavy atom. The number of likely N-dealkylation sites (tertiary alicyclic amines) is 1. The number of nitrogens with one attached hydrogen (secondary N) is 1. The number of amides is 1. The number of piperidine rings is 1. The van der Waals surface area contributed by atoms with Crippen LogP contribution in [0.25, 0.3) is 11.0 Å². The average molecular weight is 342 g/mol. The Hall–Kier alpha value is -1.92. The normalized spacial score (nSPS) is 23.6. The molecule has 6 nitrogen and oxygen atoms in total. The predicted octanol–water partition coefficient (Wildman–Crippen LogP) is 1.52. The first-order valence-electron chi connectivity index (χ1n) is 9.24. The van der Waals surface area contributed by atoms with Crippen molar-refractivity contribution < 1.29 is 9.90 Å². The van der Waals surface area contributed by atoms with E-state index in [1.807, 2.05) is 33.7 Å². The Morgan fingerprint density at radius 3 is 3.00 bits per heavy atom. The van der Waals surface area contributed by atoms with Gasteiger partial charge in [-0.2, -0.15) is 0 Å². The van der Waals surface area contributed by atoms with Gasteiger partial charge in [0.2, 0.25) is 5.91 Å². The summed E-state index contributed by atoms with van der Waals surface area (Å²) >= 11 is 0. The minimum atomic E-state index is -0.110. The molecule has 2 aromatic rings. The van der Waals surface area contributed by atoms with E-state index in [9.17, 15) is 9.90 Å². The molecule has 0 saturated carbocycles. The van der Waals surface area contributed by atoms with Crippen molar-refractivity contribution in [3.05, 3.63) is 30.1 Å². The summed E-state index contributed by atoms with van der Waals surface area (Å²) < 4.78 is 1.98. The third kappa shape index (κ3) is 3.16. The highest BCUT2D eigenvalue weighted by atomic mass is 16.3. The van der Waals surface area contributed by atoms with Crippen LogP contribution in [-0.4, -0.2) is 51.6 Å². The summed E-state index contributed by atoms with van der Waals surface area (Å²) in [5, 5.41) is 13.0. The molecule has 1 aromatic carbocycles. The highest BCUT2D eigenvalue weighted by molar-refractivity contribution is 5.78. The summed E-state index contributed by atoms with van der Waals surface area (Å²) in [6.07, 6.45) is 3.96. The molecule has 134 valence electrons. The molecule has 1 atom stereocenters. The molecule has 2 saturated heterocycles. The smallest absolute Gasteiger partial charge is 0.224 e. The maximum absolute atomic E-state index is 12.8. The van der Waals surface area contributed by atoms with Crippen molar-refractivity contribution in [2.75, 3.05) is 26.2 Å². The standard InChI is InChI=1S/C19H26N4O2/c24-12-17-21-15-4-1-2-5-16(15)23(17)11-6-18(25)22-10-3-7-19(14-22)8-9-20-13-19/h1-2,4-5,20,24H,3,6-14H2/t19-/m0/s1. The van der Waals surface area contributed by atoms with Crippen LogP contribution >= 0.6 is 0 Å². The van der Waals surface area contributed by atoms with E-state index < -0.39 is 0 Å². The number of carbonyl (C=O) groups excluding carboxylic acids is 1. The molecule has 1 amide bonds. The minimum absolute atomic E-state index is 0.110. The number of aliphatic hydroxyl groups is 1. The first kappa shape index (κ1) is 16.5. The minimum Gasteiger partial charge on any atom is -0.388 e. The van der Waals surface area contributed by atoms with Crippen LogP contribution in [0.1, 0.15) is 31.5 Å². The molecule has 6 heteroatoms. The molecule has 25 heavy (non-hydrogen) atoms. The fraction of sp³-hybridized carbons (Fsp3) is 0.579. The first-order chi connectivity index (χ1) is 12.2. The van der Waals surface area contributed by atoms with Crippen molar-refractivity contribution in [3.8, 4) is 0 Å². The molecule has 2 aliphatic rings. The molecule has 0 aliphatic carbocycles. The number of imidazole rings is 1. The summed E-state index contributed by atoms with van der Waals surface area (Å²) in [6.45, 7) is 4.33. The molecule has 0 unspecified atom stereocenters. The monoisotopic (exact) mass is 342 g/mol. The highest BCUT2D eigenvalue weighted by Gasteiger charge is 2.39. The van der Waals surface area contributed by atoms with E-state index in [1.165, 1.54) is 12.8 Å². The Bertz CT molecular complexity index is 764. The predicted molar refractivity (Wildman–Crippen MR) is 96.0 cm³/mol. The van der Waals surface area contributed by atoms with Gasteiger partial charge in [0, 0.05) is 38.0 Å². The SMILES string of the molecule is O=C(CCn1c(CO)nc2ccccc21)N1CCC[C@@]2(CCNC2)C1. The van der Waals surface area contributed by atoms with Crippen LogP contribution in [0.5, 0.6) is 0 Å². The Balaban J connectivity index is 1.45. The third-order valence-corrected chi connectivity index (χ3v) is 5.77. The lowest BCUT2D eigenvalue weighted by Gasteiger charge is -2.40. The Morgan fingerprint density at radius 2 is 2.20 bits per heavy atom. The number of para-hydroxylation sites is 2. The average Bonchev–Trinajstić information content (AvgIpc) is 3.24. The van der Waals surface area contributed by atoms with Gasteiger partial charge in [0.25, 0.3) is 0 Å². The van der Waals surface area contributed by atoms with Crippen molar-refractivity contribution in [3.63, 3.8) is 0 Å². The fourth-order valence-electron chi connectivity index (χ4n) is 4.43. The van der Waals surface area contributed by atoms with E-state index in [4.69, 9.17) is 0 Å². The zero-order valence-corrected chi connectivity index (χ0v) is 14.6. The van der Waals surface area contributed by atoms with E-state index in [0.29, 0.717) is 24.2 Å². The van der Waals surface area contributed by atoms with Gasteiger partial charge < -0.3 is 19.9 Å². The van der Waals surface area contributed by atoms with Crippen LogP contribution in [0.4, 0.5) is 0 Å². The summed E-state index contributed by atoms with van der Waals surface area (Å²) in [5.74, 6) is 0.844. The Kier molecular flexibility index (Phi) is 4.48. The summed E-state index contributed by atoms with van der Waals surface area (Å²) in [7, 11) is 0. The van der Waals surface area contributed by atoms with Gasteiger partial charge in [-0.3, -0.25) is 4.79 Å². The lowest BCUT2D eigenvalue weighted by Crippen LogP contribution is -2.47. The molecule has 3 heterocycles. The maximum Gasteiger partial charge on any atom is 0.224 e. The van der Waals surface area contributed by atoms with Crippen molar-refractivity contribution in [2.24, 2.45) is 5.41 Å². The van der Waals surface area contributed by atoms with Gasteiger partial charge in [-0.15, -0.1) is 0 Å². The van der Waals surface area contributed by atoms with Gasteiger partial charge in [0.15, 0.2) is 0 Å². The number of fused-ring (bicyclic) bond motifs is 1. The summed E-state index contributed by atoms with van der Waals surface area (Å²) in [6, 6.07) is 7.83. The largest absolute Gasteiger partial charge is 0.388 e. The van der Waals surface area contributed by atoms with Crippen LogP contribution in [0.3, 0.4) is 0 Å². The third-order valence-electron chi connectivity index (χ3n) is 5.77. The zero-order chi connectivity index (χ0) is 17.3. The number of nitrogens with zero attached hydrogens (tertiary/aromatic N) is 3. The topological polar surface area (TPSA) is 70.4 Å². The number of hydrogen-bond acceptors (Lipinski definition) is 4. The van der Waals surface area contributed by atoms with Crippen LogP contribution in [0.15, 0.2) is 24.3 Å². The molecule has 2 N–H and O–H groups in total. The number of benzene rings is 1. The molecule has 1 aromatic heterocycles. The number of aromatic nitrogens is 2. The van der Waals surface area contributed by atoms with E-state index in [0.717, 1.165) is 43.6 Å². The first-order valence-corrected chi connectivity index (χ1v) is 9.24. The van der Waals surface area contributed by atoms with Crippen molar-refractivity contribution >= 4 is 16.9 Å². The van der Waals surface area contributed by atoms with Crippen LogP contribution in [-0.2, 0) is 17.9 Å². The van der Waals surface area contributed by atoms with Crippen molar-refractivity contribution in [2.45, 2.75) is 38.8 Å². The second-order valence-corrected chi connectivity index (χ2v) is 7.42. The van der Waals surface area contributed by atoms with Crippen molar-refractivity contribution in [1.29, 1.82) is 0 Å².